The van der Waals surface area contributed by atoms with Gasteiger partial charge in [0.05, 0.1) is 5.60 Å². The monoisotopic (exact) mass is 242 g/mol. The lowest BCUT2D eigenvalue weighted by molar-refractivity contribution is 0.0534. The molecule has 1 unspecified atom stereocenters. The number of nitrogens with two attached hydrogens (primary N) is 1. The van der Waals surface area contributed by atoms with Crippen LogP contribution in [0.2, 0.25) is 0 Å². The summed E-state index contributed by atoms with van der Waals surface area (Å²) in [5, 5.41) is 9.85. The fourth-order valence-corrected chi connectivity index (χ4v) is 2.69. The Labute approximate surface area is 106 Å². The zero-order valence-corrected chi connectivity index (χ0v) is 11.6. The highest BCUT2D eigenvalue weighted by molar-refractivity contribution is 4.76. The zero-order chi connectivity index (χ0) is 12.7. The van der Waals surface area contributed by atoms with E-state index in [-0.39, 0.29) is 0 Å². The summed E-state index contributed by atoms with van der Waals surface area (Å²) in [6.45, 7) is 3.28. The van der Waals surface area contributed by atoms with Crippen LogP contribution in [0.3, 0.4) is 0 Å². The molecule has 17 heavy (non-hydrogen) atoms. The Hall–Kier alpha value is -0.120. The molecule has 1 aliphatic carbocycles. The quantitative estimate of drug-likeness (QED) is 0.702. The summed E-state index contributed by atoms with van der Waals surface area (Å²) in [6, 6.07) is 0.764. The highest BCUT2D eigenvalue weighted by Gasteiger charge is 2.20. The number of aliphatic hydroxyl groups is 1. The molecule has 3 nitrogen and oxygen atoms in total. The average Bonchev–Trinajstić information content (AvgIpc) is 2.57. The molecule has 1 saturated carbocycles. The van der Waals surface area contributed by atoms with Crippen LogP contribution in [0.15, 0.2) is 0 Å². The molecule has 0 heterocycles. The minimum atomic E-state index is -0.676. The third kappa shape index (κ3) is 5.84. The van der Waals surface area contributed by atoms with Crippen LogP contribution < -0.4 is 5.73 Å². The van der Waals surface area contributed by atoms with Crippen LogP contribution in [0, 0.1) is 0 Å². The van der Waals surface area contributed by atoms with E-state index in [0.29, 0.717) is 6.54 Å². The van der Waals surface area contributed by atoms with E-state index in [2.05, 4.69) is 11.9 Å². The molecule has 0 bridgehead atoms. The van der Waals surface area contributed by atoms with Crippen molar-refractivity contribution in [2.24, 2.45) is 5.73 Å². The van der Waals surface area contributed by atoms with E-state index in [9.17, 15) is 5.11 Å². The fraction of sp³-hybridized carbons (Fsp3) is 1.00. The Bertz CT molecular complexity index is 198. The highest BCUT2D eigenvalue weighted by Crippen LogP contribution is 2.21. The van der Waals surface area contributed by atoms with Crippen molar-refractivity contribution in [1.29, 1.82) is 0 Å². The van der Waals surface area contributed by atoms with Crippen LogP contribution in [-0.2, 0) is 0 Å². The lowest BCUT2D eigenvalue weighted by Gasteiger charge is -2.28. The number of rotatable bonds is 6. The van der Waals surface area contributed by atoms with Gasteiger partial charge in [0.1, 0.15) is 0 Å². The molecule has 1 rings (SSSR count). The summed E-state index contributed by atoms with van der Waals surface area (Å²) < 4.78 is 0. The number of nitrogens with zero attached hydrogens (tertiary/aromatic N) is 1. The molecule has 3 N–H and O–H groups in total. The van der Waals surface area contributed by atoms with E-state index < -0.39 is 5.60 Å². The van der Waals surface area contributed by atoms with Gasteiger partial charge in [-0.3, -0.25) is 0 Å². The third-order valence-corrected chi connectivity index (χ3v) is 4.11. The first-order chi connectivity index (χ1) is 8.05. The van der Waals surface area contributed by atoms with Crippen LogP contribution >= 0.6 is 0 Å². The molecule has 0 spiro atoms. The van der Waals surface area contributed by atoms with Gasteiger partial charge in [0.25, 0.3) is 0 Å². The van der Waals surface area contributed by atoms with Crippen molar-refractivity contribution in [3.8, 4) is 0 Å². The standard InChI is InChI=1S/C14H30N2O/c1-14(17,12-15)10-7-11-16(2)13-8-5-3-4-6-9-13/h13,17H,3-12,15H2,1-2H3. The Kier molecular flexibility index (Phi) is 6.45. The topological polar surface area (TPSA) is 49.5 Å². The van der Waals surface area contributed by atoms with E-state index in [4.69, 9.17) is 5.73 Å². The van der Waals surface area contributed by atoms with Crippen LogP contribution in [0.1, 0.15) is 58.3 Å². The molecule has 102 valence electrons. The Balaban J connectivity index is 2.21. The smallest absolute Gasteiger partial charge is 0.0741 e. The number of hydrogen-bond acceptors (Lipinski definition) is 3. The van der Waals surface area contributed by atoms with Gasteiger partial charge in [-0.15, -0.1) is 0 Å². The minimum absolute atomic E-state index is 0.361. The maximum Gasteiger partial charge on any atom is 0.0741 e. The van der Waals surface area contributed by atoms with Crippen molar-refractivity contribution >= 4 is 0 Å². The molecule has 1 fully saturated rings. The molecule has 0 radical (unpaired) electrons. The minimum Gasteiger partial charge on any atom is -0.389 e. The summed E-state index contributed by atoms with van der Waals surface area (Å²) in [5.41, 5.74) is 4.85. The Morgan fingerprint density at radius 2 is 1.82 bits per heavy atom. The second kappa shape index (κ2) is 7.34. The summed E-state index contributed by atoms with van der Waals surface area (Å²) in [5.74, 6) is 0. The molecule has 0 aromatic heterocycles. The maximum atomic E-state index is 9.85. The van der Waals surface area contributed by atoms with Crippen molar-refractivity contribution < 1.29 is 5.11 Å². The lowest BCUT2D eigenvalue weighted by Crippen LogP contribution is -2.36. The van der Waals surface area contributed by atoms with Gasteiger partial charge >= 0.3 is 0 Å². The molecule has 0 aliphatic heterocycles. The SMILES string of the molecule is CN(CCCC(C)(O)CN)C1CCCCCC1. The van der Waals surface area contributed by atoms with E-state index in [0.717, 1.165) is 25.4 Å². The van der Waals surface area contributed by atoms with Gasteiger partial charge in [0, 0.05) is 12.6 Å². The average molecular weight is 242 g/mol. The van der Waals surface area contributed by atoms with Crippen LogP contribution in [0.25, 0.3) is 0 Å². The van der Waals surface area contributed by atoms with E-state index >= 15 is 0 Å². The van der Waals surface area contributed by atoms with Crippen LogP contribution in [0.5, 0.6) is 0 Å². The molecule has 1 atom stereocenters. The summed E-state index contributed by atoms with van der Waals surface area (Å²) >= 11 is 0. The first-order valence-corrected chi connectivity index (χ1v) is 7.18. The Morgan fingerprint density at radius 1 is 1.24 bits per heavy atom. The second-order valence-corrected chi connectivity index (χ2v) is 5.93. The van der Waals surface area contributed by atoms with Crippen LogP contribution in [-0.4, -0.2) is 41.8 Å². The summed E-state index contributed by atoms with van der Waals surface area (Å²) in [4.78, 5) is 2.48. The third-order valence-electron chi connectivity index (χ3n) is 4.11. The molecule has 3 heteroatoms. The summed E-state index contributed by atoms with van der Waals surface area (Å²) in [6.07, 6.45) is 10.1. The Morgan fingerprint density at radius 3 is 2.35 bits per heavy atom. The molecule has 0 amide bonds. The summed E-state index contributed by atoms with van der Waals surface area (Å²) in [7, 11) is 2.23. The van der Waals surface area contributed by atoms with Gasteiger partial charge in [-0.1, -0.05) is 25.7 Å². The predicted octanol–water partition coefficient (Wildman–Crippen LogP) is 2.13. The predicted molar refractivity (Wildman–Crippen MR) is 73.0 cm³/mol. The second-order valence-electron chi connectivity index (χ2n) is 5.93. The molecule has 0 aromatic rings. The van der Waals surface area contributed by atoms with Gasteiger partial charge in [-0.25, -0.2) is 0 Å². The molecular weight excluding hydrogens is 212 g/mol. The maximum absolute atomic E-state index is 9.85. The molecular formula is C14H30N2O. The zero-order valence-electron chi connectivity index (χ0n) is 11.6. The largest absolute Gasteiger partial charge is 0.389 e. The molecule has 1 aliphatic rings. The molecule has 0 aromatic carbocycles. The van der Waals surface area contributed by atoms with Gasteiger partial charge < -0.3 is 15.7 Å². The van der Waals surface area contributed by atoms with Crippen molar-refractivity contribution in [3.05, 3.63) is 0 Å². The van der Waals surface area contributed by atoms with Crippen molar-refractivity contribution in [3.63, 3.8) is 0 Å². The fourth-order valence-electron chi connectivity index (χ4n) is 2.69. The van der Waals surface area contributed by atoms with Crippen molar-refractivity contribution in [2.45, 2.75) is 69.9 Å². The van der Waals surface area contributed by atoms with Crippen LogP contribution in [0.4, 0.5) is 0 Å². The van der Waals surface area contributed by atoms with Gasteiger partial charge in [0.2, 0.25) is 0 Å². The first-order valence-electron chi connectivity index (χ1n) is 7.18. The van der Waals surface area contributed by atoms with E-state index in [1.165, 1.54) is 38.5 Å². The van der Waals surface area contributed by atoms with Gasteiger partial charge in [-0.2, -0.15) is 0 Å². The normalized spacial score (nSPS) is 22.4. The highest BCUT2D eigenvalue weighted by atomic mass is 16.3. The van der Waals surface area contributed by atoms with Crippen molar-refractivity contribution in [1.82, 2.24) is 4.90 Å². The molecule has 0 saturated heterocycles. The van der Waals surface area contributed by atoms with Crippen molar-refractivity contribution in [2.75, 3.05) is 20.1 Å². The lowest BCUT2D eigenvalue weighted by atomic mass is 10.00. The number of hydrogen-bond donors (Lipinski definition) is 2. The van der Waals surface area contributed by atoms with E-state index in [1.54, 1.807) is 0 Å². The first kappa shape index (κ1) is 14.9. The van der Waals surface area contributed by atoms with Gasteiger partial charge in [0.15, 0.2) is 0 Å². The van der Waals surface area contributed by atoms with E-state index in [1.807, 2.05) is 6.92 Å². The van der Waals surface area contributed by atoms with Gasteiger partial charge in [-0.05, 0) is 46.2 Å².